The van der Waals surface area contributed by atoms with E-state index in [1.165, 1.54) is 0 Å². The summed E-state index contributed by atoms with van der Waals surface area (Å²) in [7, 11) is -3.45. The Hall–Kier alpha value is -0.580. The lowest BCUT2D eigenvalue weighted by Gasteiger charge is -2.29. The molecule has 0 atom stereocenters. The van der Waals surface area contributed by atoms with Gasteiger partial charge in [-0.3, -0.25) is 0 Å². The number of sulfonamides is 1. The van der Waals surface area contributed by atoms with Crippen LogP contribution in [0.15, 0.2) is 29.2 Å². The van der Waals surface area contributed by atoms with Crippen LogP contribution in [0.1, 0.15) is 32.3 Å². The van der Waals surface area contributed by atoms with Crippen LogP contribution in [0, 0.1) is 12.3 Å². The first kappa shape index (κ1) is 16.5. The highest BCUT2D eigenvalue weighted by Crippen LogP contribution is 2.27. The lowest BCUT2D eigenvalue weighted by molar-refractivity contribution is 0.304. The van der Waals surface area contributed by atoms with Gasteiger partial charge < -0.3 is 0 Å². The van der Waals surface area contributed by atoms with Crippen molar-refractivity contribution in [3.05, 3.63) is 29.8 Å². The number of alkyl halides is 1. The summed E-state index contributed by atoms with van der Waals surface area (Å²) < 4.78 is 27.0. The van der Waals surface area contributed by atoms with Gasteiger partial charge in [0, 0.05) is 12.4 Å². The van der Waals surface area contributed by atoms with Gasteiger partial charge in [-0.05, 0) is 37.3 Å². The fraction of sp³-hybridized carbons (Fsp3) is 0.571. The number of nitrogens with one attached hydrogen (secondary N) is 1. The molecule has 1 rings (SSSR count). The van der Waals surface area contributed by atoms with E-state index in [0.29, 0.717) is 17.3 Å². The monoisotopic (exact) mass is 303 g/mol. The Morgan fingerprint density at radius 2 is 1.68 bits per heavy atom. The average molecular weight is 304 g/mol. The van der Waals surface area contributed by atoms with Gasteiger partial charge in [-0.15, -0.1) is 11.6 Å². The van der Waals surface area contributed by atoms with Gasteiger partial charge in [0.2, 0.25) is 10.0 Å². The number of hydrogen-bond donors (Lipinski definition) is 1. The predicted molar refractivity (Wildman–Crippen MR) is 80.1 cm³/mol. The molecule has 1 N–H and O–H groups in total. The zero-order chi connectivity index (χ0) is 14.5. The summed E-state index contributed by atoms with van der Waals surface area (Å²) in [6.45, 7) is 6.37. The minimum Gasteiger partial charge on any atom is -0.211 e. The number of rotatable bonds is 7. The first-order valence-electron chi connectivity index (χ1n) is 6.51. The number of aryl methyl sites for hydroxylation is 1. The third-order valence-corrected chi connectivity index (χ3v) is 5.74. The van der Waals surface area contributed by atoms with Crippen LogP contribution < -0.4 is 4.72 Å². The molecule has 0 aliphatic rings. The summed E-state index contributed by atoms with van der Waals surface area (Å²) in [6.07, 6.45) is 1.70. The second-order valence-electron chi connectivity index (χ2n) is 4.98. The van der Waals surface area contributed by atoms with E-state index in [9.17, 15) is 8.42 Å². The molecule has 0 unspecified atom stereocenters. The van der Waals surface area contributed by atoms with Crippen molar-refractivity contribution >= 4 is 21.6 Å². The molecule has 0 aliphatic heterocycles. The van der Waals surface area contributed by atoms with Gasteiger partial charge in [0.25, 0.3) is 0 Å². The van der Waals surface area contributed by atoms with E-state index in [4.69, 9.17) is 11.6 Å². The normalized spacial score (nSPS) is 12.6. The second-order valence-corrected chi connectivity index (χ2v) is 7.01. The van der Waals surface area contributed by atoms with Crippen LogP contribution in [0.2, 0.25) is 0 Å². The molecule has 0 amide bonds. The lowest BCUT2D eigenvalue weighted by atomic mass is 9.85. The molecule has 19 heavy (non-hydrogen) atoms. The Bertz CT molecular complexity index is 484. The molecular weight excluding hydrogens is 282 g/mol. The van der Waals surface area contributed by atoms with Crippen LogP contribution in [0.5, 0.6) is 0 Å². The molecule has 0 bridgehead atoms. The largest absolute Gasteiger partial charge is 0.240 e. The maximum Gasteiger partial charge on any atom is 0.240 e. The van der Waals surface area contributed by atoms with Gasteiger partial charge in [-0.25, -0.2) is 13.1 Å². The Labute approximate surface area is 121 Å². The molecule has 0 aliphatic carbocycles. The first-order valence-corrected chi connectivity index (χ1v) is 8.53. The summed E-state index contributed by atoms with van der Waals surface area (Å²) in [6, 6.07) is 6.84. The van der Waals surface area contributed by atoms with Crippen LogP contribution in [-0.4, -0.2) is 20.8 Å². The van der Waals surface area contributed by atoms with Crippen molar-refractivity contribution in [3.8, 4) is 0 Å². The van der Waals surface area contributed by atoms with E-state index in [2.05, 4.69) is 4.72 Å². The van der Waals surface area contributed by atoms with Crippen molar-refractivity contribution in [1.82, 2.24) is 4.72 Å². The maximum atomic E-state index is 12.2. The summed E-state index contributed by atoms with van der Waals surface area (Å²) in [5.41, 5.74) is 0.871. The van der Waals surface area contributed by atoms with Gasteiger partial charge in [-0.1, -0.05) is 31.5 Å². The van der Waals surface area contributed by atoms with E-state index in [0.717, 1.165) is 18.4 Å². The van der Waals surface area contributed by atoms with Crippen molar-refractivity contribution in [2.24, 2.45) is 5.41 Å². The summed E-state index contributed by atoms with van der Waals surface area (Å²) in [4.78, 5) is 0.300. The van der Waals surface area contributed by atoms with E-state index in [-0.39, 0.29) is 5.41 Å². The molecule has 0 radical (unpaired) electrons. The third-order valence-electron chi connectivity index (χ3n) is 3.75. The zero-order valence-corrected chi connectivity index (χ0v) is 13.3. The fourth-order valence-electron chi connectivity index (χ4n) is 1.79. The summed E-state index contributed by atoms with van der Waals surface area (Å²) in [5.74, 6) is 0.455. The van der Waals surface area contributed by atoms with Crippen LogP contribution in [-0.2, 0) is 10.0 Å². The number of hydrogen-bond acceptors (Lipinski definition) is 2. The molecule has 3 nitrogen and oxygen atoms in total. The molecule has 1 aromatic rings. The van der Waals surface area contributed by atoms with Gasteiger partial charge >= 0.3 is 0 Å². The Kier molecular flexibility index (Phi) is 5.83. The summed E-state index contributed by atoms with van der Waals surface area (Å²) in [5, 5.41) is 0. The molecular formula is C14H22ClNO2S. The van der Waals surface area contributed by atoms with Crippen LogP contribution in [0.25, 0.3) is 0 Å². The lowest BCUT2D eigenvalue weighted by Crippen LogP contribution is -2.38. The Balaban J connectivity index is 2.83. The van der Waals surface area contributed by atoms with Crippen molar-refractivity contribution in [1.29, 1.82) is 0 Å². The average Bonchev–Trinajstić information content (AvgIpc) is 2.41. The van der Waals surface area contributed by atoms with Crippen molar-refractivity contribution < 1.29 is 8.42 Å². The summed E-state index contributed by atoms with van der Waals surface area (Å²) >= 11 is 5.99. The highest BCUT2D eigenvalue weighted by Gasteiger charge is 2.27. The van der Waals surface area contributed by atoms with E-state index in [1.807, 2.05) is 20.8 Å². The van der Waals surface area contributed by atoms with Crippen molar-refractivity contribution in [2.75, 3.05) is 12.4 Å². The maximum absolute atomic E-state index is 12.2. The molecule has 0 saturated carbocycles. The SMILES string of the molecule is CCC(CC)(CCl)CNS(=O)(=O)c1ccc(C)cc1. The van der Waals surface area contributed by atoms with Crippen LogP contribution in [0.3, 0.4) is 0 Å². The minimum atomic E-state index is -3.45. The van der Waals surface area contributed by atoms with E-state index >= 15 is 0 Å². The van der Waals surface area contributed by atoms with Gasteiger partial charge in [0.05, 0.1) is 4.90 Å². The fourth-order valence-corrected chi connectivity index (χ4v) is 3.41. The highest BCUT2D eigenvalue weighted by atomic mass is 35.5. The quantitative estimate of drug-likeness (QED) is 0.785. The predicted octanol–water partition coefficient (Wildman–Crippen LogP) is 3.32. The van der Waals surface area contributed by atoms with E-state index < -0.39 is 10.0 Å². The van der Waals surface area contributed by atoms with E-state index in [1.54, 1.807) is 24.3 Å². The van der Waals surface area contributed by atoms with Gasteiger partial charge in [-0.2, -0.15) is 0 Å². The van der Waals surface area contributed by atoms with Crippen LogP contribution >= 0.6 is 11.6 Å². The Morgan fingerprint density at radius 3 is 2.11 bits per heavy atom. The molecule has 0 heterocycles. The molecule has 0 spiro atoms. The third kappa shape index (κ3) is 4.20. The highest BCUT2D eigenvalue weighted by molar-refractivity contribution is 7.89. The van der Waals surface area contributed by atoms with Gasteiger partial charge in [0.15, 0.2) is 0 Å². The van der Waals surface area contributed by atoms with Crippen molar-refractivity contribution in [3.63, 3.8) is 0 Å². The molecule has 0 fully saturated rings. The molecule has 0 saturated heterocycles. The molecule has 0 aromatic heterocycles. The van der Waals surface area contributed by atoms with Crippen LogP contribution in [0.4, 0.5) is 0 Å². The standard InChI is InChI=1S/C14H22ClNO2S/c1-4-14(5-2,10-15)11-16-19(17,18)13-8-6-12(3)7-9-13/h6-9,16H,4-5,10-11H2,1-3H3. The smallest absolute Gasteiger partial charge is 0.211 e. The molecule has 1 aromatic carbocycles. The van der Waals surface area contributed by atoms with Crippen molar-refractivity contribution in [2.45, 2.75) is 38.5 Å². The minimum absolute atomic E-state index is 0.167. The second kappa shape index (κ2) is 6.73. The molecule has 108 valence electrons. The number of halogens is 1. The number of benzene rings is 1. The zero-order valence-electron chi connectivity index (χ0n) is 11.7. The first-order chi connectivity index (χ1) is 8.89. The topological polar surface area (TPSA) is 46.2 Å². The molecule has 5 heteroatoms. The van der Waals surface area contributed by atoms with Gasteiger partial charge in [0.1, 0.15) is 0 Å². The Morgan fingerprint density at radius 1 is 1.16 bits per heavy atom.